The predicted molar refractivity (Wildman–Crippen MR) is 78.0 cm³/mol. The lowest BCUT2D eigenvalue weighted by atomic mass is 9.95. The first kappa shape index (κ1) is 14.8. The average molecular weight is 279 g/mol. The normalized spacial score (nSPS) is 20.8. The van der Waals surface area contributed by atoms with Crippen LogP contribution in [-0.4, -0.2) is 26.0 Å². The molecule has 1 aromatic rings. The molecular formula is C15H22FN3O. The van der Waals surface area contributed by atoms with Crippen molar-refractivity contribution in [2.24, 2.45) is 11.7 Å². The van der Waals surface area contributed by atoms with Gasteiger partial charge in [0.2, 0.25) is 5.91 Å². The van der Waals surface area contributed by atoms with Crippen LogP contribution in [0.5, 0.6) is 0 Å². The van der Waals surface area contributed by atoms with Crippen LogP contribution < -0.4 is 16.0 Å². The molecule has 2 rings (SSSR count). The quantitative estimate of drug-likeness (QED) is 0.883. The number of halogens is 1. The van der Waals surface area contributed by atoms with Gasteiger partial charge in [0, 0.05) is 30.4 Å². The molecule has 1 fully saturated rings. The third kappa shape index (κ3) is 2.93. The molecule has 1 heterocycles. The van der Waals surface area contributed by atoms with Gasteiger partial charge < -0.3 is 16.0 Å². The summed E-state index contributed by atoms with van der Waals surface area (Å²) >= 11 is 0. The van der Waals surface area contributed by atoms with Crippen molar-refractivity contribution in [1.29, 1.82) is 0 Å². The summed E-state index contributed by atoms with van der Waals surface area (Å²) in [5, 5.41) is 3.08. The molecule has 1 saturated heterocycles. The van der Waals surface area contributed by atoms with Crippen LogP contribution in [0.3, 0.4) is 0 Å². The molecule has 0 saturated carbocycles. The molecule has 2 atom stereocenters. The number of hydrogen-bond acceptors (Lipinski definition) is 3. The average Bonchev–Trinajstić information content (AvgIpc) is 2.46. The Morgan fingerprint density at radius 3 is 2.95 bits per heavy atom. The molecule has 1 aromatic carbocycles. The van der Waals surface area contributed by atoms with Crippen molar-refractivity contribution in [2.45, 2.75) is 25.8 Å². The highest BCUT2D eigenvalue weighted by molar-refractivity contribution is 5.77. The smallest absolute Gasteiger partial charge is 0.222 e. The van der Waals surface area contributed by atoms with E-state index in [1.165, 1.54) is 6.07 Å². The van der Waals surface area contributed by atoms with Gasteiger partial charge in [-0.25, -0.2) is 4.39 Å². The van der Waals surface area contributed by atoms with Crippen molar-refractivity contribution >= 4 is 11.6 Å². The molecule has 4 nitrogen and oxygen atoms in total. The number of benzene rings is 1. The van der Waals surface area contributed by atoms with E-state index in [9.17, 15) is 9.18 Å². The fourth-order valence-electron chi connectivity index (χ4n) is 2.80. The predicted octanol–water partition coefficient (Wildman–Crippen LogP) is 1.81. The Morgan fingerprint density at radius 2 is 2.30 bits per heavy atom. The number of hydrogen-bond donors (Lipinski definition) is 2. The number of nitrogens with zero attached hydrogens (tertiary/aromatic N) is 1. The SMILES string of the molecule is CNC(C)c1c(F)cccc1N1CCCC(C(N)=O)C1. The molecule has 0 aromatic heterocycles. The molecule has 2 unspecified atom stereocenters. The van der Waals surface area contributed by atoms with Gasteiger partial charge >= 0.3 is 0 Å². The van der Waals surface area contributed by atoms with Gasteiger partial charge in [-0.2, -0.15) is 0 Å². The van der Waals surface area contributed by atoms with Gasteiger partial charge in [0.15, 0.2) is 0 Å². The van der Waals surface area contributed by atoms with Crippen molar-refractivity contribution in [3.8, 4) is 0 Å². The van der Waals surface area contributed by atoms with E-state index in [0.717, 1.165) is 25.1 Å². The number of nitrogens with two attached hydrogens (primary N) is 1. The van der Waals surface area contributed by atoms with Crippen molar-refractivity contribution < 1.29 is 9.18 Å². The van der Waals surface area contributed by atoms with Gasteiger partial charge in [0.1, 0.15) is 5.82 Å². The van der Waals surface area contributed by atoms with Crippen LogP contribution in [0.4, 0.5) is 10.1 Å². The Morgan fingerprint density at radius 1 is 1.55 bits per heavy atom. The second-order valence-electron chi connectivity index (χ2n) is 5.37. The maximum atomic E-state index is 14.1. The van der Waals surface area contributed by atoms with Crippen molar-refractivity contribution in [3.05, 3.63) is 29.6 Å². The van der Waals surface area contributed by atoms with Gasteiger partial charge in [-0.1, -0.05) is 6.07 Å². The fourth-order valence-corrected chi connectivity index (χ4v) is 2.80. The summed E-state index contributed by atoms with van der Waals surface area (Å²) in [6, 6.07) is 5.02. The summed E-state index contributed by atoms with van der Waals surface area (Å²) < 4.78 is 14.1. The molecule has 1 aliphatic heterocycles. The van der Waals surface area contributed by atoms with Crippen LogP contribution in [0.15, 0.2) is 18.2 Å². The maximum Gasteiger partial charge on any atom is 0.222 e. The van der Waals surface area contributed by atoms with E-state index in [0.29, 0.717) is 12.1 Å². The lowest BCUT2D eigenvalue weighted by molar-refractivity contribution is -0.122. The Hall–Kier alpha value is -1.62. The molecule has 1 amide bonds. The summed E-state index contributed by atoms with van der Waals surface area (Å²) in [6.45, 7) is 3.33. The minimum Gasteiger partial charge on any atom is -0.370 e. The first-order chi connectivity index (χ1) is 9.54. The summed E-state index contributed by atoms with van der Waals surface area (Å²) in [5.74, 6) is -0.635. The van der Waals surface area contributed by atoms with Crippen molar-refractivity contribution in [2.75, 3.05) is 25.0 Å². The van der Waals surface area contributed by atoms with E-state index in [2.05, 4.69) is 10.2 Å². The highest BCUT2D eigenvalue weighted by atomic mass is 19.1. The molecule has 1 aliphatic rings. The van der Waals surface area contributed by atoms with Gasteiger partial charge in [-0.05, 0) is 38.9 Å². The van der Waals surface area contributed by atoms with Crippen LogP contribution in [-0.2, 0) is 4.79 Å². The van der Waals surface area contributed by atoms with E-state index in [1.807, 2.05) is 20.0 Å². The molecule has 0 spiro atoms. The number of piperidine rings is 1. The zero-order valence-electron chi connectivity index (χ0n) is 12.0. The van der Waals surface area contributed by atoms with Crippen molar-refractivity contribution in [3.63, 3.8) is 0 Å². The zero-order chi connectivity index (χ0) is 14.7. The van der Waals surface area contributed by atoms with Crippen LogP contribution in [0.2, 0.25) is 0 Å². The van der Waals surface area contributed by atoms with E-state index in [4.69, 9.17) is 5.73 Å². The molecular weight excluding hydrogens is 257 g/mol. The number of carbonyl (C=O) groups is 1. The minimum absolute atomic E-state index is 0.0832. The summed E-state index contributed by atoms with van der Waals surface area (Å²) in [6.07, 6.45) is 1.72. The summed E-state index contributed by atoms with van der Waals surface area (Å²) in [5.41, 5.74) is 6.92. The van der Waals surface area contributed by atoms with E-state index >= 15 is 0 Å². The van der Waals surface area contributed by atoms with Crippen LogP contribution in [0.25, 0.3) is 0 Å². The second kappa shape index (κ2) is 6.22. The van der Waals surface area contributed by atoms with Crippen molar-refractivity contribution in [1.82, 2.24) is 5.32 Å². The zero-order valence-corrected chi connectivity index (χ0v) is 12.0. The topological polar surface area (TPSA) is 58.4 Å². The van der Waals surface area contributed by atoms with Crippen LogP contribution in [0, 0.1) is 11.7 Å². The molecule has 110 valence electrons. The number of primary amides is 1. The Labute approximate surface area is 119 Å². The van der Waals surface area contributed by atoms with Gasteiger partial charge in [-0.15, -0.1) is 0 Å². The third-order valence-electron chi connectivity index (χ3n) is 4.06. The number of carbonyl (C=O) groups excluding carboxylic acids is 1. The monoisotopic (exact) mass is 279 g/mol. The highest BCUT2D eigenvalue weighted by Crippen LogP contribution is 2.31. The lowest BCUT2D eigenvalue weighted by Gasteiger charge is -2.35. The van der Waals surface area contributed by atoms with E-state index in [-0.39, 0.29) is 23.7 Å². The molecule has 5 heteroatoms. The number of anilines is 1. The number of amides is 1. The second-order valence-corrected chi connectivity index (χ2v) is 5.37. The van der Waals surface area contributed by atoms with Crippen LogP contribution >= 0.6 is 0 Å². The largest absolute Gasteiger partial charge is 0.370 e. The first-order valence-corrected chi connectivity index (χ1v) is 7.04. The molecule has 0 aliphatic carbocycles. The number of nitrogens with one attached hydrogen (secondary N) is 1. The summed E-state index contributed by atoms with van der Waals surface area (Å²) in [7, 11) is 1.81. The lowest BCUT2D eigenvalue weighted by Crippen LogP contribution is -2.41. The Kier molecular flexibility index (Phi) is 4.60. The minimum atomic E-state index is -0.269. The summed E-state index contributed by atoms with van der Waals surface area (Å²) in [4.78, 5) is 13.5. The number of rotatable bonds is 4. The molecule has 3 N–H and O–H groups in total. The van der Waals surface area contributed by atoms with Gasteiger partial charge in [-0.3, -0.25) is 4.79 Å². The standard InChI is InChI=1S/C15H22FN3O/c1-10(18-2)14-12(16)6-3-7-13(14)19-8-4-5-11(9-19)15(17)20/h3,6-7,10-11,18H,4-5,8-9H2,1-2H3,(H2,17,20). The molecule has 0 bridgehead atoms. The van der Waals surface area contributed by atoms with Gasteiger partial charge in [0.05, 0.1) is 5.92 Å². The maximum absolute atomic E-state index is 14.1. The first-order valence-electron chi connectivity index (χ1n) is 7.04. The van der Waals surface area contributed by atoms with E-state index < -0.39 is 0 Å². The third-order valence-corrected chi connectivity index (χ3v) is 4.06. The Balaban J connectivity index is 2.32. The molecule has 20 heavy (non-hydrogen) atoms. The Bertz CT molecular complexity index is 492. The fraction of sp³-hybridized carbons (Fsp3) is 0.533. The van der Waals surface area contributed by atoms with Crippen LogP contribution in [0.1, 0.15) is 31.4 Å². The highest BCUT2D eigenvalue weighted by Gasteiger charge is 2.27. The molecule has 0 radical (unpaired) electrons. The van der Waals surface area contributed by atoms with Gasteiger partial charge in [0.25, 0.3) is 0 Å². The van der Waals surface area contributed by atoms with E-state index in [1.54, 1.807) is 6.07 Å².